The van der Waals surface area contributed by atoms with Gasteiger partial charge in [-0.15, -0.1) is 0 Å². The van der Waals surface area contributed by atoms with Crippen molar-refractivity contribution in [1.29, 1.82) is 0 Å². The molecular formula is C12H14BrFN2OS. The van der Waals surface area contributed by atoms with E-state index in [0.29, 0.717) is 16.6 Å². The van der Waals surface area contributed by atoms with Crippen molar-refractivity contribution in [2.75, 3.05) is 23.4 Å². The highest BCUT2D eigenvalue weighted by molar-refractivity contribution is 9.10. The lowest BCUT2D eigenvalue weighted by molar-refractivity contribution is -0.116. The molecule has 1 aromatic rings. The van der Waals surface area contributed by atoms with Crippen molar-refractivity contribution in [2.45, 2.75) is 12.5 Å². The molecule has 1 saturated heterocycles. The van der Waals surface area contributed by atoms with Crippen molar-refractivity contribution in [3.8, 4) is 0 Å². The average molecular weight is 333 g/mol. The molecule has 98 valence electrons. The predicted octanol–water partition coefficient (Wildman–Crippen LogP) is 2.62. The molecule has 0 saturated carbocycles. The number of rotatable bonds is 3. The van der Waals surface area contributed by atoms with Gasteiger partial charge in [0.1, 0.15) is 5.82 Å². The molecule has 1 fully saturated rings. The van der Waals surface area contributed by atoms with Crippen molar-refractivity contribution in [3.63, 3.8) is 0 Å². The van der Waals surface area contributed by atoms with Gasteiger partial charge >= 0.3 is 0 Å². The van der Waals surface area contributed by atoms with Crippen LogP contribution in [0.3, 0.4) is 0 Å². The summed E-state index contributed by atoms with van der Waals surface area (Å²) in [4.78, 5) is 11.8. The Morgan fingerprint density at radius 2 is 2.44 bits per heavy atom. The summed E-state index contributed by atoms with van der Waals surface area (Å²) >= 11 is 5.08. The van der Waals surface area contributed by atoms with Crippen molar-refractivity contribution in [2.24, 2.45) is 0 Å². The molecule has 2 N–H and O–H groups in total. The first-order valence-corrected chi connectivity index (χ1v) is 7.66. The Hall–Kier alpha value is -0.590. The first kappa shape index (κ1) is 13.8. The van der Waals surface area contributed by atoms with E-state index < -0.39 is 0 Å². The van der Waals surface area contributed by atoms with Crippen LogP contribution in [0.1, 0.15) is 6.42 Å². The molecule has 0 spiro atoms. The van der Waals surface area contributed by atoms with Crippen LogP contribution in [0.25, 0.3) is 0 Å². The van der Waals surface area contributed by atoms with Gasteiger partial charge in [-0.05, 0) is 34.1 Å². The van der Waals surface area contributed by atoms with Crippen molar-refractivity contribution < 1.29 is 9.18 Å². The van der Waals surface area contributed by atoms with E-state index in [0.717, 1.165) is 18.1 Å². The standard InChI is InChI=1S/C12H14BrFN2OS/c13-10-5-8(14)1-2-11(10)16-12(17)6-9-7-18-4-3-15-9/h1-2,5,9,15H,3-4,6-7H2,(H,16,17). The van der Waals surface area contributed by atoms with Crippen molar-refractivity contribution in [1.82, 2.24) is 5.32 Å². The van der Waals surface area contributed by atoms with E-state index in [1.54, 1.807) is 6.07 Å². The second-order valence-corrected chi connectivity index (χ2v) is 6.11. The molecule has 18 heavy (non-hydrogen) atoms. The van der Waals surface area contributed by atoms with Crippen LogP contribution in [0.4, 0.5) is 10.1 Å². The molecule has 0 aromatic heterocycles. The van der Waals surface area contributed by atoms with Crippen LogP contribution in [-0.4, -0.2) is 30.0 Å². The summed E-state index contributed by atoms with van der Waals surface area (Å²) in [6.45, 7) is 0.947. The Bertz CT molecular complexity index is 438. The fraction of sp³-hybridized carbons (Fsp3) is 0.417. The summed E-state index contributed by atoms with van der Waals surface area (Å²) in [5, 5.41) is 6.09. The van der Waals surface area contributed by atoms with Crippen LogP contribution in [0, 0.1) is 5.82 Å². The summed E-state index contributed by atoms with van der Waals surface area (Å²) in [5.74, 6) is 1.67. The van der Waals surface area contributed by atoms with Gasteiger partial charge in [-0.1, -0.05) is 0 Å². The number of carbonyl (C=O) groups excluding carboxylic acids is 1. The van der Waals surface area contributed by atoms with E-state index in [1.165, 1.54) is 12.1 Å². The second-order valence-electron chi connectivity index (χ2n) is 4.10. The molecule has 1 aliphatic rings. The number of nitrogens with one attached hydrogen (secondary N) is 2. The Kier molecular flexibility index (Phi) is 5.03. The summed E-state index contributed by atoms with van der Waals surface area (Å²) in [6, 6.07) is 4.45. The molecule has 1 unspecified atom stereocenters. The van der Waals surface area contributed by atoms with Gasteiger partial charge in [-0.2, -0.15) is 11.8 Å². The van der Waals surface area contributed by atoms with Gasteiger partial charge in [0.25, 0.3) is 0 Å². The monoisotopic (exact) mass is 332 g/mol. The lowest BCUT2D eigenvalue weighted by Crippen LogP contribution is -2.39. The maximum Gasteiger partial charge on any atom is 0.226 e. The van der Waals surface area contributed by atoms with Gasteiger partial charge in [0.2, 0.25) is 5.91 Å². The number of hydrogen-bond donors (Lipinski definition) is 2. The van der Waals surface area contributed by atoms with Crippen LogP contribution in [0.2, 0.25) is 0 Å². The average Bonchev–Trinajstić information content (AvgIpc) is 2.34. The largest absolute Gasteiger partial charge is 0.325 e. The number of thioether (sulfide) groups is 1. The number of benzene rings is 1. The van der Waals surface area contributed by atoms with Crippen LogP contribution in [-0.2, 0) is 4.79 Å². The fourth-order valence-corrected chi connectivity index (χ4v) is 3.17. The van der Waals surface area contributed by atoms with E-state index in [2.05, 4.69) is 26.6 Å². The third kappa shape index (κ3) is 3.96. The van der Waals surface area contributed by atoms with Crippen molar-refractivity contribution >= 4 is 39.3 Å². The van der Waals surface area contributed by atoms with Gasteiger partial charge in [0.15, 0.2) is 0 Å². The van der Waals surface area contributed by atoms with E-state index in [4.69, 9.17) is 0 Å². The van der Waals surface area contributed by atoms with Crippen LogP contribution < -0.4 is 10.6 Å². The molecule has 0 aliphatic carbocycles. The molecule has 1 aromatic carbocycles. The zero-order valence-electron chi connectivity index (χ0n) is 9.71. The Balaban J connectivity index is 1.90. The highest BCUT2D eigenvalue weighted by atomic mass is 79.9. The smallest absolute Gasteiger partial charge is 0.226 e. The minimum atomic E-state index is -0.328. The third-order valence-corrected chi connectivity index (χ3v) is 4.42. The Labute approximate surface area is 118 Å². The Morgan fingerprint density at radius 1 is 1.61 bits per heavy atom. The topological polar surface area (TPSA) is 41.1 Å². The highest BCUT2D eigenvalue weighted by Crippen LogP contribution is 2.23. The summed E-state index contributed by atoms with van der Waals surface area (Å²) < 4.78 is 13.5. The fourth-order valence-electron chi connectivity index (χ4n) is 1.77. The molecule has 0 bridgehead atoms. The normalized spacial score (nSPS) is 19.6. The third-order valence-electron chi connectivity index (χ3n) is 2.64. The molecular weight excluding hydrogens is 319 g/mol. The van der Waals surface area contributed by atoms with E-state index >= 15 is 0 Å². The number of halogens is 2. The molecule has 3 nitrogen and oxygen atoms in total. The summed E-state index contributed by atoms with van der Waals surface area (Å²) in [6.07, 6.45) is 0.441. The van der Waals surface area contributed by atoms with Gasteiger partial charge in [0, 0.05) is 35.0 Å². The lowest BCUT2D eigenvalue weighted by Gasteiger charge is -2.22. The molecule has 1 atom stereocenters. The minimum absolute atomic E-state index is 0.0534. The second kappa shape index (κ2) is 6.54. The maximum absolute atomic E-state index is 12.9. The first-order valence-electron chi connectivity index (χ1n) is 5.71. The molecule has 2 rings (SSSR count). The summed E-state index contributed by atoms with van der Waals surface area (Å²) in [7, 11) is 0. The van der Waals surface area contributed by atoms with E-state index in [1.807, 2.05) is 11.8 Å². The Morgan fingerprint density at radius 3 is 3.11 bits per heavy atom. The number of hydrogen-bond acceptors (Lipinski definition) is 3. The molecule has 0 radical (unpaired) electrons. The predicted molar refractivity (Wildman–Crippen MR) is 76.5 cm³/mol. The highest BCUT2D eigenvalue weighted by Gasteiger charge is 2.17. The van der Waals surface area contributed by atoms with Crippen LogP contribution in [0.15, 0.2) is 22.7 Å². The van der Waals surface area contributed by atoms with Gasteiger partial charge in [-0.3, -0.25) is 4.79 Å². The maximum atomic E-state index is 12.9. The molecule has 1 amide bonds. The van der Waals surface area contributed by atoms with Gasteiger partial charge in [0.05, 0.1) is 5.69 Å². The molecule has 1 aliphatic heterocycles. The van der Waals surface area contributed by atoms with Gasteiger partial charge in [-0.25, -0.2) is 4.39 Å². The van der Waals surface area contributed by atoms with E-state index in [9.17, 15) is 9.18 Å². The van der Waals surface area contributed by atoms with E-state index in [-0.39, 0.29) is 17.8 Å². The molecule has 1 heterocycles. The lowest BCUT2D eigenvalue weighted by atomic mass is 10.2. The SMILES string of the molecule is O=C(CC1CSCCN1)Nc1ccc(F)cc1Br. The zero-order valence-corrected chi connectivity index (χ0v) is 12.1. The molecule has 6 heteroatoms. The first-order chi connectivity index (χ1) is 8.65. The number of amides is 1. The van der Waals surface area contributed by atoms with Crippen molar-refractivity contribution in [3.05, 3.63) is 28.5 Å². The quantitative estimate of drug-likeness (QED) is 0.894. The van der Waals surface area contributed by atoms with Gasteiger partial charge < -0.3 is 10.6 Å². The minimum Gasteiger partial charge on any atom is -0.325 e. The van der Waals surface area contributed by atoms with Crippen LogP contribution >= 0.6 is 27.7 Å². The number of carbonyl (C=O) groups is 1. The zero-order chi connectivity index (χ0) is 13.0. The summed E-state index contributed by atoms with van der Waals surface area (Å²) in [5.41, 5.74) is 0.602. The van der Waals surface area contributed by atoms with Crippen LogP contribution in [0.5, 0.6) is 0 Å². The number of anilines is 1.